The lowest BCUT2D eigenvalue weighted by molar-refractivity contribution is 0.265. The van der Waals surface area contributed by atoms with Crippen LogP contribution in [0.3, 0.4) is 0 Å². The van der Waals surface area contributed by atoms with Crippen LogP contribution in [0, 0.1) is 0 Å². The van der Waals surface area contributed by atoms with E-state index in [1.165, 1.54) is 10.6 Å². The van der Waals surface area contributed by atoms with Gasteiger partial charge in [0.2, 0.25) is 10.0 Å². The van der Waals surface area contributed by atoms with E-state index in [4.69, 9.17) is 23.8 Å². The van der Waals surface area contributed by atoms with Crippen molar-refractivity contribution in [2.75, 3.05) is 44.3 Å². The Morgan fingerprint density at radius 1 is 1.40 bits per heavy atom. The van der Waals surface area contributed by atoms with Gasteiger partial charge in [-0.2, -0.15) is 9.41 Å². The Kier molecular flexibility index (Phi) is 5.42. The van der Waals surface area contributed by atoms with Crippen LogP contribution in [0.15, 0.2) is 17.4 Å². The summed E-state index contributed by atoms with van der Waals surface area (Å²) in [5, 5.41) is 8.70. The van der Waals surface area contributed by atoms with E-state index in [0.717, 1.165) is 23.6 Å². The average Bonchev–Trinajstić information content (AvgIpc) is 2.59. The Morgan fingerprint density at radius 3 is 2.80 bits per heavy atom. The topological polar surface area (TPSA) is 89.9 Å². The summed E-state index contributed by atoms with van der Waals surface area (Å²) in [4.78, 5) is 6.25. The molecule has 3 heterocycles. The van der Waals surface area contributed by atoms with Crippen LogP contribution in [0.2, 0.25) is 5.02 Å². The second kappa shape index (κ2) is 7.40. The maximum absolute atomic E-state index is 11.6. The number of hydrazone groups is 1. The number of nitrogens with zero attached hydrogens (tertiary/aromatic N) is 4. The molecule has 0 aromatic carbocycles. The molecule has 0 radical (unpaired) electrons. The highest BCUT2D eigenvalue weighted by atomic mass is 35.5. The van der Waals surface area contributed by atoms with Crippen molar-refractivity contribution in [3.63, 3.8) is 0 Å². The number of nitrogens with one attached hydrogen (secondary N) is 2. The number of aromatic nitrogens is 1. The number of sulfonamides is 1. The summed E-state index contributed by atoms with van der Waals surface area (Å²) in [6.07, 6.45) is 3.57. The van der Waals surface area contributed by atoms with Gasteiger partial charge in [0.05, 0.1) is 22.7 Å². The second-order valence-electron chi connectivity index (χ2n) is 5.82. The van der Waals surface area contributed by atoms with Gasteiger partial charge >= 0.3 is 0 Å². The molecule has 11 heteroatoms. The minimum Gasteiger partial charge on any atom is -0.382 e. The van der Waals surface area contributed by atoms with Gasteiger partial charge in [0.1, 0.15) is 5.69 Å². The lowest BCUT2D eigenvalue weighted by Gasteiger charge is -2.34. The third-order valence-corrected chi connectivity index (χ3v) is 6.09. The molecule has 2 aliphatic heterocycles. The molecule has 0 spiro atoms. The van der Waals surface area contributed by atoms with E-state index >= 15 is 0 Å². The van der Waals surface area contributed by atoms with Gasteiger partial charge < -0.3 is 10.2 Å². The van der Waals surface area contributed by atoms with E-state index in [1.54, 1.807) is 12.3 Å². The molecule has 8 nitrogen and oxygen atoms in total. The molecular weight excluding hydrogens is 384 g/mol. The first-order valence-corrected chi connectivity index (χ1v) is 10.4. The van der Waals surface area contributed by atoms with E-state index < -0.39 is 10.0 Å². The SMILES string of the molecule is CS(=O)(=O)N1CCN(C(=S)N/N=C2/CCNc3c(Cl)ccnc32)CC1. The number of thiocarbonyl (C=S) groups is 1. The Bertz CT molecular complexity index is 806. The fraction of sp³-hybridized carbons (Fsp3) is 0.500. The molecule has 2 N–H and O–H groups in total. The molecule has 1 saturated heterocycles. The Balaban J connectivity index is 1.64. The van der Waals surface area contributed by atoms with Gasteiger partial charge in [-0.3, -0.25) is 10.4 Å². The van der Waals surface area contributed by atoms with Crippen LogP contribution in [0.1, 0.15) is 12.1 Å². The molecule has 0 aliphatic carbocycles. The van der Waals surface area contributed by atoms with Crippen molar-refractivity contribution in [1.82, 2.24) is 19.6 Å². The van der Waals surface area contributed by atoms with Crippen molar-refractivity contribution in [2.45, 2.75) is 6.42 Å². The van der Waals surface area contributed by atoms with Gasteiger partial charge in [-0.15, -0.1) is 0 Å². The molecule has 2 aliphatic rings. The van der Waals surface area contributed by atoms with Crippen LogP contribution in [-0.4, -0.2) is 72.4 Å². The third kappa shape index (κ3) is 4.20. The minimum atomic E-state index is -3.15. The molecule has 0 bridgehead atoms. The maximum Gasteiger partial charge on any atom is 0.211 e. The molecule has 25 heavy (non-hydrogen) atoms. The summed E-state index contributed by atoms with van der Waals surface area (Å²) in [5.41, 5.74) is 5.19. The molecule has 3 rings (SSSR count). The Hall–Kier alpha value is -1.49. The normalized spacial score (nSPS) is 20.1. The zero-order valence-corrected chi connectivity index (χ0v) is 16.1. The van der Waals surface area contributed by atoms with E-state index in [-0.39, 0.29) is 0 Å². The molecule has 1 aromatic rings. The monoisotopic (exact) mass is 402 g/mol. The fourth-order valence-electron chi connectivity index (χ4n) is 2.77. The van der Waals surface area contributed by atoms with Crippen LogP contribution in [0.4, 0.5) is 5.69 Å². The van der Waals surface area contributed by atoms with E-state index in [2.05, 4.69) is 20.8 Å². The van der Waals surface area contributed by atoms with Crippen LogP contribution in [0.25, 0.3) is 0 Å². The highest BCUT2D eigenvalue weighted by Gasteiger charge is 2.25. The molecule has 0 amide bonds. The van der Waals surface area contributed by atoms with Crippen LogP contribution < -0.4 is 10.7 Å². The number of rotatable bonds is 2. The lowest BCUT2D eigenvalue weighted by Crippen LogP contribution is -2.52. The molecule has 0 atom stereocenters. The molecule has 1 aromatic heterocycles. The molecular formula is C14H19ClN6O2S2. The third-order valence-electron chi connectivity index (χ3n) is 4.12. The highest BCUT2D eigenvalue weighted by molar-refractivity contribution is 7.88. The number of fused-ring (bicyclic) bond motifs is 1. The van der Waals surface area contributed by atoms with E-state index in [1.807, 2.05) is 4.90 Å². The number of pyridine rings is 1. The lowest BCUT2D eigenvalue weighted by atomic mass is 10.1. The summed E-state index contributed by atoms with van der Waals surface area (Å²) >= 11 is 11.6. The largest absolute Gasteiger partial charge is 0.382 e. The quantitative estimate of drug-likeness (QED) is 0.556. The predicted molar refractivity (Wildman–Crippen MR) is 103 cm³/mol. The number of hydrogen-bond donors (Lipinski definition) is 2. The summed E-state index contributed by atoms with van der Waals surface area (Å²) in [5.74, 6) is 0. The summed E-state index contributed by atoms with van der Waals surface area (Å²) < 4.78 is 24.6. The van der Waals surface area contributed by atoms with Crippen LogP contribution >= 0.6 is 23.8 Å². The van der Waals surface area contributed by atoms with Crippen LogP contribution in [-0.2, 0) is 10.0 Å². The van der Waals surface area contributed by atoms with Crippen molar-refractivity contribution in [1.29, 1.82) is 0 Å². The molecule has 136 valence electrons. The van der Waals surface area contributed by atoms with Crippen molar-refractivity contribution < 1.29 is 8.42 Å². The van der Waals surface area contributed by atoms with Crippen LogP contribution in [0.5, 0.6) is 0 Å². The van der Waals surface area contributed by atoms with E-state index in [9.17, 15) is 8.42 Å². The number of halogens is 1. The van der Waals surface area contributed by atoms with Gasteiger partial charge in [-0.05, 0) is 18.3 Å². The number of anilines is 1. The van der Waals surface area contributed by atoms with Gasteiger partial charge in [0.15, 0.2) is 5.11 Å². The van der Waals surface area contributed by atoms with Gasteiger partial charge in [-0.25, -0.2) is 8.42 Å². The summed E-state index contributed by atoms with van der Waals surface area (Å²) in [7, 11) is -3.15. The Morgan fingerprint density at radius 2 is 2.12 bits per heavy atom. The first kappa shape index (κ1) is 18.3. The fourth-order valence-corrected chi connectivity index (χ4v) is 4.03. The molecule has 1 fully saturated rings. The zero-order valence-electron chi connectivity index (χ0n) is 13.7. The van der Waals surface area contributed by atoms with Crippen molar-refractivity contribution in [3.8, 4) is 0 Å². The van der Waals surface area contributed by atoms with Gasteiger partial charge in [0.25, 0.3) is 0 Å². The Labute approximate surface area is 157 Å². The maximum atomic E-state index is 11.6. The second-order valence-corrected chi connectivity index (χ2v) is 8.59. The average molecular weight is 403 g/mol. The van der Waals surface area contributed by atoms with Gasteiger partial charge in [-0.1, -0.05) is 11.6 Å². The molecule has 0 saturated carbocycles. The predicted octanol–water partition coefficient (Wildman–Crippen LogP) is 0.706. The number of piperazine rings is 1. The zero-order chi connectivity index (χ0) is 18.0. The highest BCUT2D eigenvalue weighted by Crippen LogP contribution is 2.28. The van der Waals surface area contributed by atoms with Gasteiger partial charge in [0, 0.05) is 45.3 Å². The van der Waals surface area contributed by atoms with Crippen molar-refractivity contribution in [3.05, 3.63) is 23.0 Å². The van der Waals surface area contributed by atoms with Crippen molar-refractivity contribution in [2.24, 2.45) is 5.10 Å². The molecule has 0 unspecified atom stereocenters. The standard InChI is InChI=1S/C14H19ClN6O2S2/c1-25(22,23)21-8-6-20(7-9-21)14(24)19-18-11-3-5-16-12-10(15)2-4-17-13(11)12/h2,4,16H,3,5-9H2,1H3,(H,19,24)/b18-11-. The minimum absolute atomic E-state index is 0.418. The number of hydrogen-bond acceptors (Lipinski definition) is 6. The summed E-state index contributed by atoms with van der Waals surface area (Å²) in [6, 6.07) is 1.73. The van der Waals surface area contributed by atoms with Crippen molar-refractivity contribution >= 4 is 50.4 Å². The first-order valence-electron chi connectivity index (χ1n) is 7.81. The van der Waals surface area contributed by atoms with E-state index in [0.29, 0.717) is 42.7 Å². The smallest absolute Gasteiger partial charge is 0.211 e. The summed E-state index contributed by atoms with van der Waals surface area (Å²) in [6.45, 7) is 2.62. The first-order chi connectivity index (χ1) is 11.9.